The number of nitrogens with zero attached hydrogens (tertiary/aromatic N) is 5. The van der Waals surface area contributed by atoms with Gasteiger partial charge in [0.2, 0.25) is 11.9 Å². The van der Waals surface area contributed by atoms with Crippen molar-refractivity contribution in [3.8, 4) is 0 Å². The number of rotatable bonds is 3. The minimum Gasteiger partial charge on any atom is -0.339 e. The van der Waals surface area contributed by atoms with Crippen molar-refractivity contribution in [2.45, 2.75) is 20.3 Å². The van der Waals surface area contributed by atoms with Gasteiger partial charge in [-0.1, -0.05) is 0 Å². The Kier molecular flexibility index (Phi) is 4.33. The van der Waals surface area contributed by atoms with Gasteiger partial charge in [0, 0.05) is 43.4 Å². The van der Waals surface area contributed by atoms with Gasteiger partial charge in [-0.3, -0.25) is 4.79 Å². The molecule has 1 aliphatic rings. The summed E-state index contributed by atoms with van der Waals surface area (Å²) in [4.78, 5) is 30.5. The molecule has 3 heterocycles. The summed E-state index contributed by atoms with van der Waals surface area (Å²) in [6, 6.07) is 1.81. The number of carbonyl (C=O) groups excluding carboxylic acids is 1. The second kappa shape index (κ2) is 6.39. The molecule has 116 valence electrons. The molecule has 1 amide bonds. The smallest absolute Gasteiger partial charge is 0.228 e. The maximum Gasteiger partial charge on any atom is 0.228 e. The lowest BCUT2D eigenvalue weighted by atomic mass is 10.2. The molecule has 0 saturated carbocycles. The third-order valence-corrected chi connectivity index (χ3v) is 4.85. The van der Waals surface area contributed by atoms with Gasteiger partial charge in [-0.2, -0.15) is 0 Å². The first-order chi connectivity index (χ1) is 10.6. The van der Waals surface area contributed by atoms with E-state index in [0.717, 1.165) is 34.6 Å². The topological polar surface area (TPSA) is 62.2 Å². The van der Waals surface area contributed by atoms with Crippen molar-refractivity contribution in [2.75, 3.05) is 31.1 Å². The van der Waals surface area contributed by atoms with Gasteiger partial charge in [-0.15, -0.1) is 11.3 Å². The molecule has 0 spiro atoms. The average molecular weight is 317 g/mol. The number of amides is 1. The number of hydrogen-bond acceptors (Lipinski definition) is 6. The summed E-state index contributed by atoms with van der Waals surface area (Å²) in [6.45, 7) is 6.93. The van der Waals surface area contributed by atoms with Gasteiger partial charge in [-0.05, 0) is 19.9 Å². The quantitative estimate of drug-likeness (QED) is 0.857. The summed E-state index contributed by atoms with van der Waals surface area (Å²) in [6.07, 6.45) is 3.95. The second-order valence-corrected chi connectivity index (χ2v) is 6.62. The molecule has 0 aromatic carbocycles. The molecule has 2 aromatic heterocycles. The molecular formula is C15H19N5OS. The molecule has 0 radical (unpaired) electrons. The number of aryl methyl sites for hydroxylation is 2. The molecule has 0 bridgehead atoms. The summed E-state index contributed by atoms with van der Waals surface area (Å²) in [7, 11) is 0. The van der Waals surface area contributed by atoms with Crippen molar-refractivity contribution < 1.29 is 4.79 Å². The van der Waals surface area contributed by atoms with Crippen LogP contribution < -0.4 is 4.90 Å². The Bertz CT molecular complexity index is 649. The van der Waals surface area contributed by atoms with Gasteiger partial charge in [-0.25, -0.2) is 15.0 Å². The van der Waals surface area contributed by atoms with E-state index in [-0.39, 0.29) is 5.91 Å². The van der Waals surface area contributed by atoms with Crippen LogP contribution in [0.5, 0.6) is 0 Å². The Morgan fingerprint density at radius 1 is 1.18 bits per heavy atom. The summed E-state index contributed by atoms with van der Waals surface area (Å²) >= 11 is 1.62. The fourth-order valence-electron chi connectivity index (χ4n) is 2.60. The highest BCUT2D eigenvalue weighted by Gasteiger charge is 2.23. The van der Waals surface area contributed by atoms with Crippen LogP contribution in [0.1, 0.15) is 15.6 Å². The zero-order valence-corrected chi connectivity index (χ0v) is 13.6. The highest BCUT2D eigenvalue weighted by atomic mass is 32.1. The molecule has 0 unspecified atom stereocenters. The van der Waals surface area contributed by atoms with E-state index in [4.69, 9.17) is 0 Å². The molecule has 1 aliphatic heterocycles. The number of thiazole rings is 1. The van der Waals surface area contributed by atoms with E-state index < -0.39 is 0 Å². The Labute approximate surface area is 133 Å². The summed E-state index contributed by atoms with van der Waals surface area (Å²) in [5, 5.41) is 1.02. The molecule has 0 atom stereocenters. The predicted molar refractivity (Wildman–Crippen MR) is 86.1 cm³/mol. The first-order valence-corrected chi connectivity index (χ1v) is 8.18. The monoisotopic (exact) mass is 317 g/mol. The first kappa shape index (κ1) is 14.9. The Balaban J connectivity index is 1.57. The molecule has 7 heteroatoms. The SMILES string of the molecule is Cc1nc(C)c(CC(=O)N2CCN(c3ncccn3)CC2)s1. The number of carbonyl (C=O) groups is 1. The molecule has 0 aliphatic carbocycles. The van der Waals surface area contributed by atoms with Crippen molar-refractivity contribution in [1.82, 2.24) is 19.9 Å². The van der Waals surface area contributed by atoms with Crippen molar-refractivity contribution in [3.63, 3.8) is 0 Å². The van der Waals surface area contributed by atoms with Crippen LogP contribution in [-0.4, -0.2) is 51.9 Å². The molecular weight excluding hydrogens is 298 g/mol. The van der Waals surface area contributed by atoms with E-state index in [1.807, 2.05) is 24.8 Å². The molecule has 1 saturated heterocycles. The van der Waals surface area contributed by atoms with E-state index in [1.54, 1.807) is 23.7 Å². The van der Waals surface area contributed by atoms with E-state index >= 15 is 0 Å². The lowest BCUT2D eigenvalue weighted by Crippen LogP contribution is -2.49. The van der Waals surface area contributed by atoms with Crippen molar-refractivity contribution in [2.24, 2.45) is 0 Å². The Hall–Kier alpha value is -2.02. The van der Waals surface area contributed by atoms with Crippen LogP contribution in [0, 0.1) is 13.8 Å². The van der Waals surface area contributed by atoms with Crippen LogP contribution in [0.4, 0.5) is 5.95 Å². The first-order valence-electron chi connectivity index (χ1n) is 7.36. The van der Waals surface area contributed by atoms with Gasteiger partial charge in [0.1, 0.15) is 0 Å². The molecule has 22 heavy (non-hydrogen) atoms. The molecule has 0 N–H and O–H groups in total. The maximum absolute atomic E-state index is 12.4. The number of aromatic nitrogens is 3. The lowest BCUT2D eigenvalue weighted by Gasteiger charge is -2.34. The Morgan fingerprint density at radius 2 is 1.86 bits per heavy atom. The predicted octanol–water partition coefficient (Wildman–Crippen LogP) is 1.44. The van der Waals surface area contributed by atoms with Crippen molar-refractivity contribution >= 4 is 23.2 Å². The molecule has 3 rings (SSSR count). The van der Waals surface area contributed by atoms with E-state index in [0.29, 0.717) is 19.5 Å². The van der Waals surface area contributed by atoms with E-state index in [9.17, 15) is 4.79 Å². The second-order valence-electron chi connectivity index (χ2n) is 5.33. The third-order valence-electron chi connectivity index (χ3n) is 3.78. The van der Waals surface area contributed by atoms with Crippen LogP contribution >= 0.6 is 11.3 Å². The van der Waals surface area contributed by atoms with Crippen molar-refractivity contribution in [1.29, 1.82) is 0 Å². The molecule has 6 nitrogen and oxygen atoms in total. The Morgan fingerprint density at radius 3 is 2.45 bits per heavy atom. The van der Waals surface area contributed by atoms with Crippen LogP contribution in [0.2, 0.25) is 0 Å². The van der Waals surface area contributed by atoms with E-state index in [2.05, 4.69) is 19.9 Å². The zero-order chi connectivity index (χ0) is 15.5. The standard InChI is InChI=1S/C15H19N5OS/c1-11-13(22-12(2)18-11)10-14(21)19-6-8-20(9-7-19)15-16-4-3-5-17-15/h3-5H,6-10H2,1-2H3. The van der Waals surface area contributed by atoms with Crippen LogP contribution in [0.15, 0.2) is 18.5 Å². The highest BCUT2D eigenvalue weighted by molar-refractivity contribution is 7.11. The van der Waals surface area contributed by atoms with Gasteiger partial charge >= 0.3 is 0 Å². The minimum absolute atomic E-state index is 0.181. The van der Waals surface area contributed by atoms with Crippen molar-refractivity contribution in [3.05, 3.63) is 34.0 Å². The average Bonchev–Trinajstić information content (AvgIpc) is 2.86. The molecule has 1 fully saturated rings. The maximum atomic E-state index is 12.4. The largest absolute Gasteiger partial charge is 0.339 e. The summed E-state index contributed by atoms with van der Waals surface area (Å²) in [5.74, 6) is 0.920. The summed E-state index contributed by atoms with van der Waals surface area (Å²) in [5.41, 5.74) is 0.979. The fraction of sp³-hybridized carbons (Fsp3) is 0.467. The summed E-state index contributed by atoms with van der Waals surface area (Å²) < 4.78 is 0. The number of piperazine rings is 1. The minimum atomic E-state index is 0.181. The molecule has 2 aromatic rings. The third kappa shape index (κ3) is 3.24. The van der Waals surface area contributed by atoms with Gasteiger partial charge in [0.05, 0.1) is 17.1 Å². The van der Waals surface area contributed by atoms with Gasteiger partial charge in [0.15, 0.2) is 0 Å². The normalized spacial score (nSPS) is 15.2. The zero-order valence-electron chi connectivity index (χ0n) is 12.8. The van der Waals surface area contributed by atoms with Crippen LogP contribution in [-0.2, 0) is 11.2 Å². The van der Waals surface area contributed by atoms with Crippen LogP contribution in [0.25, 0.3) is 0 Å². The van der Waals surface area contributed by atoms with Gasteiger partial charge < -0.3 is 9.80 Å². The van der Waals surface area contributed by atoms with E-state index in [1.165, 1.54) is 0 Å². The van der Waals surface area contributed by atoms with Crippen LogP contribution in [0.3, 0.4) is 0 Å². The number of anilines is 1. The highest BCUT2D eigenvalue weighted by Crippen LogP contribution is 2.19. The van der Waals surface area contributed by atoms with Gasteiger partial charge in [0.25, 0.3) is 0 Å². The fourth-order valence-corrected chi connectivity index (χ4v) is 3.53. The lowest BCUT2D eigenvalue weighted by molar-refractivity contribution is -0.130. The number of hydrogen-bond donors (Lipinski definition) is 0.